The molecule has 1 aromatic heterocycles. The fourth-order valence-corrected chi connectivity index (χ4v) is 5.40. The number of benzene rings is 1. The average molecular weight is 365 g/mol. The second-order valence-electron chi connectivity index (χ2n) is 4.13. The third kappa shape index (κ3) is 3.77. The first-order valence-corrected chi connectivity index (χ1v) is 10.8. The Morgan fingerprint density at radius 2 is 1.57 bits per heavy atom. The van der Waals surface area contributed by atoms with E-state index in [-0.39, 0.29) is 9.10 Å². The van der Waals surface area contributed by atoms with Crippen molar-refractivity contribution >= 4 is 42.0 Å². The molecule has 114 valence electrons. The summed E-state index contributed by atoms with van der Waals surface area (Å²) in [6.45, 7) is 0. The maximum atomic E-state index is 12.3. The van der Waals surface area contributed by atoms with Gasteiger partial charge in [-0.15, -0.1) is 11.3 Å². The quantitative estimate of drug-likeness (QED) is 0.867. The zero-order valence-electron chi connectivity index (χ0n) is 10.7. The van der Waals surface area contributed by atoms with Crippen LogP contribution in [0.2, 0.25) is 0 Å². The summed E-state index contributed by atoms with van der Waals surface area (Å²) >= 11 is 0.821. The molecular formula is C11H11NO5S4. The van der Waals surface area contributed by atoms with Crippen LogP contribution in [-0.2, 0) is 30.7 Å². The van der Waals surface area contributed by atoms with Gasteiger partial charge in [0.05, 0.1) is 19.9 Å². The first-order chi connectivity index (χ1) is 9.59. The van der Waals surface area contributed by atoms with Gasteiger partial charge in [0.1, 0.15) is 4.21 Å². The number of nitrogens with two attached hydrogens (primary N) is 1. The van der Waals surface area contributed by atoms with E-state index in [1.807, 2.05) is 0 Å². The number of thiophene rings is 1. The Bertz CT molecular complexity index is 894. The van der Waals surface area contributed by atoms with Gasteiger partial charge in [-0.1, -0.05) is 0 Å². The van der Waals surface area contributed by atoms with Crippen LogP contribution in [0.5, 0.6) is 0 Å². The number of rotatable bonds is 4. The molecule has 0 radical (unpaired) electrons. The van der Waals surface area contributed by atoms with Crippen molar-refractivity contribution in [1.29, 1.82) is 0 Å². The summed E-state index contributed by atoms with van der Waals surface area (Å²) in [5.41, 5.74) is 0. The Hall–Kier alpha value is -1.07. The second kappa shape index (κ2) is 5.61. The highest BCUT2D eigenvalue weighted by molar-refractivity contribution is 7.92. The van der Waals surface area contributed by atoms with Gasteiger partial charge in [-0.2, -0.15) is 0 Å². The molecule has 21 heavy (non-hydrogen) atoms. The number of sulfone groups is 1. The van der Waals surface area contributed by atoms with Crippen molar-refractivity contribution in [2.24, 2.45) is 5.14 Å². The normalized spacial score (nSPS) is 14.0. The Morgan fingerprint density at radius 1 is 1.00 bits per heavy atom. The molecule has 6 nitrogen and oxygen atoms in total. The van der Waals surface area contributed by atoms with Gasteiger partial charge >= 0.3 is 0 Å². The molecule has 2 rings (SSSR count). The first kappa shape index (κ1) is 16.3. The zero-order chi connectivity index (χ0) is 15.8. The largest absolute Gasteiger partial charge is 0.248 e. The maximum absolute atomic E-state index is 12.3. The smallest absolute Gasteiger partial charge is 0.247 e. The van der Waals surface area contributed by atoms with Crippen LogP contribution >= 0.6 is 11.3 Å². The molecule has 0 aliphatic rings. The lowest BCUT2D eigenvalue weighted by molar-refractivity contribution is 0.598. The molecule has 1 heterocycles. The minimum atomic E-state index is -3.82. The van der Waals surface area contributed by atoms with E-state index >= 15 is 0 Å². The minimum Gasteiger partial charge on any atom is -0.248 e. The highest BCUT2D eigenvalue weighted by atomic mass is 32.3. The van der Waals surface area contributed by atoms with Crippen LogP contribution in [0.3, 0.4) is 0 Å². The lowest BCUT2D eigenvalue weighted by atomic mass is 10.4. The van der Waals surface area contributed by atoms with E-state index in [1.54, 1.807) is 0 Å². The Balaban J connectivity index is 2.35. The molecule has 0 aliphatic heterocycles. The van der Waals surface area contributed by atoms with Gasteiger partial charge in [-0.25, -0.2) is 26.2 Å². The monoisotopic (exact) mass is 365 g/mol. The van der Waals surface area contributed by atoms with E-state index in [0.29, 0.717) is 9.10 Å². The first-order valence-electron chi connectivity index (χ1n) is 5.43. The molecule has 2 aromatic rings. The Morgan fingerprint density at radius 3 is 2.00 bits per heavy atom. The van der Waals surface area contributed by atoms with Gasteiger partial charge in [0.25, 0.3) is 0 Å². The van der Waals surface area contributed by atoms with Crippen LogP contribution in [0.15, 0.2) is 54.6 Å². The van der Waals surface area contributed by atoms with Crippen LogP contribution in [0.1, 0.15) is 0 Å². The predicted octanol–water partition coefficient (Wildman–Crippen LogP) is 0.966. The standard InChI is InChI=1S/C11H11NO5S4/c1-20(14,15)9-4-2-8(3-5-9)19(13)10-6-7-11(18-10)21(12,16)17/h2-7H,1H3,(H2,12,16,17). The van der Waals surface area contributed by atoms with Crippen molar-refractivity contribution in [1.82, 2.24) is 0 Å². The molecule has 0 saturated carbocycles. The summed E-state index contributed by atoms with van der Waals surface area (Å²) in [4.78, 5) is 0.505. The summed E-state index contributed by atoms with van der Waals surface area (Å²) in [5, 5.41) is 4.99. The van der Waals surface area contributed by atoms with E-state index in [0.717, 1.165) is 17.6 Å². The Labute approximate surface area is 129 Å². The summed E-state index contributed by atoms with van der Waals surface area (Å²) in [5.74, 6) is 0. The highest BCUT2D eigenvalue weighted by Gasteiger charge is 2.16. The van der Waals surface area contributed by atoms with Crippen LogP contribution in [-0.4, -0.2) is 27.3 Å². The number of hydrogen-bond acceptors (Lipinski definition) is 6. The van der Waals surface area contributed by atoms with Crippen LogP contribution in [0.25, 0.3) is 0 Å². The van der Waals surface area contributed by atoms with Gasteiger partial charge in [0.15, 0.2) is 9.84 Å². The fraction of sp³-hybridized carbons (Fsp3) is 0.0909. The third-order valence-corrected chi connectivity index (χ3v) is 7.84. The van der Waals surface area contributed by atoms with E-state index in [4.69, 9.17) is 5.14 Å². The van der Waals surface area contributed by atoms with Gasteiger partial charge in [0.2, 0.25) is 10.0 Å². The summed E-state index contributed by atoms with van der Waals surface area (Å²) < 4.78 is 57.6. The van der Waals surface area contributed by atoms with Crippen LogP contribution in [0, 0.1) is 0 Å². The van der Waals surface area contributed by atoms with Crippen molar-refractivity contribution in [3.63, 3.8) is 0 Å². The van der Waals surface area contributed by atoms with E-state index in [9.17, 15) is 21.0 Å². The fourth-order valence-electron chi connectivity index (χ4n) is 1.48. The number of primary sulfonamides is 1. The molecule has 0 saturated heterocycles. The molecule has 0 fully saturated rings. The topological polar surface area (TPSA) is 111 Å². The minimum absolute atomic E-state index is 0.0707. The van der Waals surface area contributed by atoms with Crippen molar-refractivity contribution in [2.45, 2.75) is 18.2 Å². The highest BCUT2D eigenvalue weighted by Crippen LogP contribution is 2.27. The average Bonchev–Trinajstić information content (AvgIpc) is 2.86. The summed E-state index contributed by atoms with van der Waals surface area (Å²) in [6.07, 6.45) is 1.08. The lowest BCUT2D eigenvalue weighted by Gasteiger charge is -2.01. The molecule has 2 N–H and O–H groups in total. The second-order valence-corrected chi connectivity index (χ2v) is 10.7. The molecule has 1 aromatic carbocycles. The van der Waals surface area contributed by atoms with E-state index < -0.39 is 30.7 Å². The summed E-state index contributed by atoms with van der Waals surface area (Å²) in [6, 6.07) is 8.29. The van der Waals surface area contributed by atoms with Gasteiger partial charge in [-0.3, -0.25) is 0 Å². The molecular weight excluding hydrogens is 354 g/mol. The van der Waals surface area contributed by atoms with Gasteiger partial charge < -0.3 is 0 Å². The Kier molecular flexibility index (Phi) is 4.36. The molecule has 1 atom stereocenters. The summed E-state index contributed by atoms with van der Waals surface area (Å²) in [7, 11) is -8.73. The SMILES string of the molecule is CS(=O)(=O)c1ccc(S(=O)c2ccc(S(N)(=O)=O)s2)cc1. The molecule has 0 spiro atoms. The van der Waals surface area contributed by atoms with Crippen molar-refractivity contribution in [3.8, 4) is 0 Å². The number of sulfonamides is 1. The third-order valence-electron chi connectivity index (χ3n) is 2.49. The van der Waals surface area contributed by atoms with Crippen molar-refractivity contribution < 1.29 is 21.0 Å². The van der Waals surface area contributed by atoms with Gasteiger partial charge in [0, 0.05) is 11.2 Å². The molecule has 0 bridgehead atoms. The predicted molar refractivity (Wildman–Crippen MR) is 79.9 cm³/mol. The van der Waals surface area contributed by atoms with Crippen LogP contribution < -0.4 is 5.14 Å². The van der Waals surface area contributed by atoms with E-state index in [2.05, 4.69) is 0 Å². The molecule has 0 amide bonds. The lowest BCUT2D eigenvalue weighted by Crippen LogP contribution is -2.09. The van der Waals surface area contributed by atoms with Crippen LogP contribution in [0.4, 0.5) is 0 Å². The van der Waals surface area contributed by atoms with Crippen molar-refractivity contribution in [2.75, 3.05) is 6.26 Å². The molecule has 10 heteroatoms. The van der Waals surface area contributed by atoms with Gasteiger partial charge in [-0.05, 0) is 36.4 Å². The number of hydrogen-bond donors (Lipinski definition) is 1. The van der Waals surface area contributed by atoms with E-state index in [1.165, 1.54) is 36.4 Å². The molecule has 1 unspecified atom stereocenters. The zero-order valence-corrected chi connectivity index (χ0v) is 14.0. The molecule has 0 aliphatic carbocycles. The van der Waals surface area contributed by atoms with Crippen molar-refractivity contribution in [3.05, 3.63) is 36.4 Å². The maximum Gasteiger partial charge on any atom is 0.247 e.